The lowest BCUT2D eigenvalue weighted by Crippen LogP contribution is -2.49. The van der Waals surface area contributed by atoms with E-state index in [1.54, 1.807) is 37.7 Å². The van der Waals surface area contributed by atoms with Crippen molar-refractivity contribution in [3.05, 3.63) is 58.9 Å². The normalized spacial score (nSPS) is 14.2. The minimum Gasteiger partial charge on any atom is -0.497 e. The molecule has 2 heterocycles. The Morgan fingerprint density at radius 2 is 1.69 bits per heavy atom. The highest BCUT2D eigenvalue weighted by Crippen LogP contribution is 2.26. The quantitative estimate of drug-likeness (QED) is 0.520. The van der Waals surface area contributed by atoms with E-state index in [0.29, 0.717) is 18.8 Å². The van der Waals surface area contributed by atoms with E-state index in [9.17, 15) is 4.79 Å². The maximum absolute atomic E-state index is 12.5. The molecule has 2 aromatic carbocycles. The summed E-state index contributed by atoms with van der Waals surface area (Å²) in [4.78, 5) is 21.5. The average molecular weight is 454 g/mol. The second-order valence-corrected chi connectivity index (χ2v) is 8.42. The van der Waals surface area contributed by atoms with Crippen LogP contribution in [0.5, 0.6) is 17.2 Å². The summed E-state index contributed by atoms with van der Waals surface area (Å²) >= 11 is 1.66. The van der Waals surface area contributed by atoms with E-state index in [4.69, 9.17) is 19.2 Å². The van der Waals surface area contributed by atoms with Gasteiger partial charge in [0.05, 0.1) is 26.5 Å². The van der Waals surface area contributed by atoms with E-state index in [1.165, 1.54) is 0 Å². The molecular weight excluding hydrogens is 426 g/mol. The number of carbonyl (C=O) groups is 1. The molecule has 7 nitrogen and oxygen atoms in total. The van der Waals surface area contributed by atoms with Gasteiger partial charge in [0.1, 0.15) is 22.3 Å². The molecule has 168 valence electrons. The topological polar surface area (TPSA) is 64.1 Å². The Hall–Kier alpha value is -3.10. The van der Waals surface area contributed by atoms with Crippen LogP contribution < -0.4 is 14.2 Å². The standard InChI is InChI=1S/C24H27N3O4S/c1-29-19-6-8-20(9-7-19)31-16-24(28)27-12-10-26(11-13-27)15-23-25-22(17-32-23)18-4-3-5-21(14-18)30-2/h3-9,14,17H,10-13,15-16H2,1-2H3. The van der Waals surface area contributed by atoms with E-state index >= 15 is 0 Å². The van der Waals surface area contributed by atoms with Gasteiger partial charge in [-0.05, 0) is 36.4 Å². The minimum atomic E-state index is 0.00929. The molecule has 1 aromatic heterocycles. The lowest BCUT2D eigenvalue weighted by atomic mass is 10.2. The van der Waals surface area contributed by atoms with Crippen LogP contribution in [-0.2, 0) is 11.3 Å². The zero-order chi connectivity index (χ0) is 22.3. The number of rotatable bonds is 8. The molecule has 1 aliphatic rings. The smallest absolute Gasteiger partial charge is 0.260 e. The number of methoxy groups -OCH3 is 2. The van der Waals surface area contributed by atoms with E-state index < -0.39 is 0 Å². The number of carbonyl (C=O) groups excluding carboxylic acids is 1. The number of amides is 1. The zero-order valence-corrected chi connectivity index (χ0v) is 19.1. The van der Waals surface area contributed by atoms with Crippen LogP contribution in [-0.4, -0.2) is 67.7 Å². The monoisotopic (exact) mass is 453 g/mol. The van der Waals surface area contributed by atoms with Gasteiger partial charge >= 0.3 is 0 Å². The molecular formula is C24H27N3O4S. The van der Waals surface area contributed by atoms with Crippen molar-refractivity contribution in [3.63, 3.8) is 0 Å². The Morgan fingerprint density at radius 3 is 2.41 bits per heavy atom. The molecule has 3 aromatic rings. The molecule has 0 unspecified atom stereocenters. The Morgan fingerprint density at radius 1 is 0.969 bits per heavy atom. The summed E-state index contributed by atoms with van der Waals surface area (Å²) in [7, 11) is 3.29. The van der Waals surface area contributed by atoms with Crippen molar-refractivity contribution in [1.82, 2.24) is 14.8 Å². The molecule has 0 atom stereocenters. The van der Waals surface area contributed by atoms with Gasteiger partial charge in [-0.2, -0.15) is 0 Å². The minimum absolute atomic E-state index is 0.00929. The SMILES string of the molecule is COc1ccc(OCC(=O)N2CCN(Cc3nc(-c4cccc(OC)c4)cs3)CC2)cc1. The Labute approximate surface area is 192 Å². The van der Waals surface area contributed by atoms with Crippen molar-refractivity contribution >= 4 is 17.2 Å². The molecule has 1 aliphatic heterocycles. The number of nitrogens with zero attached hydrogens (tertiary/aromatic N) is 3. The van der Waals surface area contributed by atoms with Crippen LogP contribution in [0.4, 0.5) is 0 Å². The molecule has 0 radical (unpaired) electrons. The van der Waals surface area contributed by atoms with Gasteiger partial charge in [0.25, 0.3) is 5.91 Å². The number of benzene rings is 2. The molecule has 4 rings (SSSR count). The van der Waals surface area contributed by atoms with Gasteiger partial charge in [0.15, 0.2) is 6.61 Å². The first-order chi connectivity index (χ1) is 15.6. The van der Waals surface area contributed by atoms with Gasteiger partial charge < -0.3 is 19.1 Å². The highest BCUT2D eigenvalue weighted by atomic mass is 32.1. The van der Waals surface area contributed by atoms with Crippen LogP contribution in [0.3, 0.4) is 0 Å². The third-order valence-electron chi connectivity index (χ3n) is 5.42. The summed E-state index contributed by atoms with van der Waals surface area (Å²) < 4.78 is 16.1. The lowest BCUT2D eigenvalue weighted by Gasteiger charge is -2.34. The highest BCUT2D eigenvalue weighted by Gasteiger charge is 2.22. The largest absolute Gasteiger partial charge is 0.497 e. The first-order valence-electron chi connectivity index (χ1n) is 10.5. The predicted molar refractivity (Wildman–Crippen MR) is 124 cm³/mol. The molecule has 8 heteroatoms. The summed E-state index contributed by atoms with van der Waals surface area (Å²) in [6, 6.07) is 15.2. The fourth-order valence-electron chi connectivity index (χ4n) is 3.55. The van der Waals surface area contributed by atoms with Crippen molar-refractivity contribution in [3.8, 4) is 28.5 Å². The summed E-state index contributed by atoms with van der Waals surface area (Å²) in [5, 5.41) is 3.16. The van der Waals surface area contributed by atoms with Crippen LogP contribution in [0.25, 0.3) is 11.3 Å². The molecule has 0 bridgehead atoms. The maximum atomic E-state index is 12.5. The summed E-state index contributed by atoms with van der Waals surface area (Å²) in [5.74, 6) is 2.26. The fourth-order valence-corrected chi connectivity index (χ4v) is 4.40. The van der Waals surface area contributed by atoms with Crippen molar-refractivity contribution in [2.24, 2.45) is 0 Å². The number of ether oxygens (including phenoxy) is 3. The van der Waals surface area contributed by atoms with Crippen molar-refractivity contribution in [2.75, 3.05) is 47.0 Å². The van der Waals surface area contributed by atoms with Crippen LogP contribution in [0.2, 0.25) is 0 Å². The van der Waals surface area contributed by atoms with Gasteiger partial charge in [0.2, 0.25) is 0 Å². The van der Waals surface area contributed by atoms with Gasteiger partial charge in [-0.25, -0.2) is 4.98 Å². The molecule has 1 fully saturated rings. The summed E-state index contributed by atoms with van der Waals surface area (Å²) in [6.45, 7) is 3.87. The molecule has 0 saturated carbocycles. The molecule has 32 heavy (non-hydrogen) atoms. The van der Waals surface area contributed by atoms with E-state index in [2.05, 4.69) is 10.3 Å². The van der Waals surface area contributed by atoms with Crippen molar-refractivity contribution in [1.29, 1.82) is 0 Å². The van der Waals surface area contributed by atoms with Gasteiger partial charge in [-0.15, -0.1) is 11.3 Å². The van der Waals surface area contributed by atoms with Crippen LogP contribution >= 0.6 is 11.3 Å². The molecule has 1 saturated heterocycles. The third-order valence-corrected chi connectivity index (χ3v) is 6.26. The highest BCUT2D eigenvalue weighted by molar-refractivity contribution is 7.09. The number of hydrogen-bond donors (Lipinski definition) is 0. The Bertz CT molecular complexity index is 1030. The molecule has 1 amide bonds. The third kappa shape index (κ3) is 5.57. The van der Waals surface area contributed by atoms with Crippen LogP contribution in [0, 0.1) is 0 Å². The first-order valence-corrected chi connectivity index (χ1v) is 11.4. The van der Waals surface area contributed by atoms with Crippen LogP contribution in [0.15, 0.2) is 53.9 Å². The lowest BCUT2D eigenvalue weighted by molar-refractivity contribution is -0.135. The number of thiazole rings is 1. The van der Waals surface area contributed by atoms with Crippen LogP contribution in [0.1, 0.15) is 5.01 Å². The Balaban J connectivity index is 1.24. The average Bonchev–Trinajstić information content (AvgIpc) is 3.32. The number of hydrogen-bond acceptors (Lipinski definition) is 7. The predicted octanol–water partition coefficient (Wildman–Crippen LogP) is 3.55. The zero-order valence-electron chi connectivity index (χ0n) is 18.3. The molecule has 0 N–H and O–H groups in total. The summed E-state index contributed by atoms with van der Waals surface area (Å²) in [5.41, 5.74) is 2.02. The van der Waals surface area contributed by atoms with Gasteiger partial charge in [0, 0.05) is 37.1 Å². The van der Waals surface area contributed by atoms with Gasteiger partial charge in [-0.3, -0.25) is 9.69 Å². The number of aromatic nitrogens is 1. The van der Waals surface area contributed by atoms with E-state index in [-0.39, 0.29) is 12.5 Å². The second kappa shape index (κ2) is 10.5. The first kappa shape index (κ1) is 22.1. The fraction of sp³-hybridized carbons (Fsp3) is 0.333. The van der Waals surface area contributed by atoms with Crippen molar-refractivity contribution in [2.45, 2.75) is 6.54 Å². The summed E-state index contributed by atoms with van der Waals surface area (Å²) in [6.07, 6.45) is 0. The van der Waals surface area contributed by atoms with E-state index in [1.807, 2.05) is 41.3 Å². The van der Waals surface area contributed by atoms with Gasteiger partial charge in [-0.1, -0.05) is 12.1 Å². The maximum Gasteiger partial charge on any atom is 0.260 e. The van der Waals surface area contributed by atoms with Crippen molar-refractivity contribution < 1.29 is 19.0 Å². The van der Waals surface area contributed by atoms with E-state index in [0.717, 1.165) is 47.4 Å². The Kier molecular flexibility index (Phi) is 7.24. The number of piperazine rings is 1. The molecule has 0 aliphatic carbocycles. The molecule has 0 spiro atoms. The second-order valence-electron chi connectivity index (χ2n) is 7.48.